The average Bonchev–Trinajstić information content (AvgIpc) is 2.34. The largest absolute Gasteiger partial charge is 0.349 e. The summed E-state index contributed by atoms with van der Waals surface area (Å²) in [6.07, 6.45) is 1.74. The monoisotopic (exact) mass is 256 g/mol. The number of hydrogen-bond acceptors (Lipinski definition) is 2. The quantitative estimate of drug-likeness (QED) is 0.849. The van der Waals surface area contributed by atoms with E-state index in [0.717, 1.165) is 25.9 Å². The molecule has 1 aliphatic heterocycles. The van der Waals surface area contributed by atoms with Gasteiger partial charge >= 0.3 is 0 Å². The van der Waals surface area contributed by atoms with Crippen LogP contribution >= 0.6 is 11.6 Å². The van der Waals surface area contributed by atoms with Crippen LogP contribution in [0.4, 0.5) is 4.39 Å². The van der Waals surface area contributed by atoms with E-state index in [9.17, 15) is 9.18 Å². The molecule has 1 heterocycles. The lowest BCUT2D eigenvalue weighted by atomic mass is 10.1. The van der Waals surface area contributed by atoms with Crippen LogP contribution in [0, 0.1) is 5.82 Å². The summed E-state index contributed by atoms with van der Waals surface area (Å²) in [5.74, 6) is -1.04. The Morgan fingerprint density at radius 2 is 2.12 bits per heavy atom. The van der Waals surface area contributed by atoms with Gasteiger partial charge in [-0.1, -0.05) is 17.7 Å². The summed E-state index contributed by atoms with van der Waals surface area (Å²) in [7, 11) is 0. The molecule has 0 unspecified atom stereocenters. The summed E-state index contributed by atoms with van der Waals surface area (Å²) in [6, 6.07) is 4.56. The summed E-state index contributed by atoms with van der Waals surface area (Å²) < 4.78 is 13.6. The number of piperidine rings is 1. The molecule has 5 heteroatoms. The Bertz CT molecular complexity index is 419. The molecular formula is C12H14ClFN2O. The van der Waals surface area contributed by atoms with Crippen LogP contribution in [-0.4, -0.2) is 25.0 Å². The highest BCUT2D eigenvalue weighted by molar-refractivity contribution is 6.31. The van der Waals surface area contributed by atoms with Crippen molar-refractivity contribution < 1.29 is 9.18 Å². The first-order chi connectivity index (χ1) is 8.18. The van der Waals surface area contributed by atoms with Gasteiger partial charge in [0, 0.05) is 6.04 Å². The number of benzene rings is 1. The molecule has 17 heavy (non-hydrogen) atoms. The van der Waals surface area contributed by atoms with Crippen molar-refractivity contribution in [3.8, 4) is 0 Å². The van der Waals surface area contributed by atoms with Gasteiger partial charge in [0.05, 0.1) is 10.6 Å². The zero-order valence-corrected chi connectivity index (χ0v) is 10.1. The molecule has 1 aromatic carbocycles. The van der Waals surface area contributed by atoms with Gasteiger partial charge in [0.15, 0.2) is 5.82 Å². The lowest BCUT2D eigenvalue weighted by Crippen LogP contribution is -2.42. The summed E-state index contributed by atoms with van der Waals surface area (Å²) in [4.78, 5) is 11.9. The Balaban J connectivity index is 2.06. The molecule has 0 aromatic heterocycles. The van der Waals surface area contributed by atoms with Gasteiger partial charge in [-0.2, -0.15) is 0 Å². The van der Waals surface area contributed by atoms with Crippen molar-refractivity contribution >= 4 is 17.5 Å². The van der Waals surface area contributed by atoms with Gasteiger partial charge in [0.25, 0.3) is 5.91 Å². The van der Waals surface area contributed by atoms with E-state index >= 15 is 0 Å². The molecule has 92 valence electrons. The van der Waals surface area contributed by atoms with Crippen molar-refractivity contribution in [3.05, 3.63) is 34.6 Å². The third kappa shape index (κ3) is 2.96. The maximum atomic E-state index is 13.6. The summed E-state index contributed by atoms with van der Waals surface area (Å²) in [5.41, 5.74) is 0.0102. The fourth-order valence-corrected chi connectivity index (χ4v) is 2.08. The lowest BCUT2D eigenvalue weighted by molar-refractivity contribution is 0.0925. The van der Waals surface area contributed by atoms with Crippen LogP contribution in [0.1, 0.15) is 23.2 Å². The van der Waals surface area contributed by atoms with E-state index in [1.807, 2.05) is 0 Å². The van der Waals surface area contributed by atoms with E-state index in [1.54, 1.807) is 6.07 Å². The molecule has 3 nitrogen and oxygen atoms in total. The van der Waals surface area contributed by atoms with Crippen LogP contribution in [0.15, 0.2) is 18.2 Å². The number of hydrogen-bond donors (Lipinski definition) is 2. The number of rotatable bonds is 2. The highest BCUT2D eigenvalue weighted by atomic mass is 35.5. The fraction of sp³-hybridized carbons (Fsp3) is 0.417. The minimum absolute atomic E-state index is 0.0102. The molecule has 0 bridgehead atoms. The molecule has 2 rings (SSSR count). The van der Waals surface area contributed by atoms with Crippen molar-refractivity contribution in [2.45, 2.75) is 18.9 Å². The molecular weight excluding hydrogens is 243 g/mol. The van der Waals surface area contributed by atoms with Crippen molar-refractivity contribution in [1.29, 1.82) is 0 Å². The second-order valence-electron chi connectivity index (χ2n) is 4.10. The van der Waals surface area contributed by atoms with Gasteiger partial charge in [0.1, 0.15) is 0 Å². The SMILES string of the molecule is O=C(NC1CCNCC1)c1cccc(Cl)c1F. The molecule has 0 spiro atoms. The van der Waals surface area contributed by atoms with Crippen LogP contribution in [0.25, 0.3) is 0 Å². The van der Waals surface area contributed by atoms with E-state index in [1.165, 1.54) is 12.1 Å². The Morgan fingerprint density at radius 3 is 2.82 bits per heavy atom. The van der Waals surface area contributed by atoms with Gasteiger partial charge in [-0.15, -0.1) is 0 Å². The second-order valence-corrected chi connectivity index (χ2v) is 4.51. The standard InChI is InChI=1S/C12H14ClFN2O/c13-10-3-1-2-9(11(10)14)12(17)16-8-4-6-15-7-5-8/h1-3,8,15H,4-7H2,(H,16,17). The van der Waals surface area contributed by atoms with E-state index < -0.39 is 11.7 Å². The highest BCUT2D eigenvalue weighted by Crippen LogP contribution is 2.18. The van der Waals surface area contributed by atoms with Crippen LogP contribution in [-0.2, 0) is 0 Å². The average molecular weight is 257 g/mol. The van der Waals surface area contributed by atoms with Gasteiger partial charge < -0.3 is 10.6 Å². The van der Waals surface area contributed by atoms with Crippen LogP contribution in [0.2, 0.25) is 5.02 Å². The predicted octanol–water partition coefficient (Wildman–Crippen LogP) is 1.96. The van der Waals surface area contributed by atoms with Crippen LogP contribution in [0.5, 0.6) is 0 Å². The summed E-state index contributed by atoms with van der Waals surface area (Å²) >= 11 is 5.64. The maximum absolute atomic E-state index is 13.6. The Morgan fingerprint density at radius 1 is 1.41 bits per heavy atom. The number of carbonyl (C=O) groups is 1. The molecule has 0 saturated carbocycles. The molecule has 1 aromatic rings. The zero-order chi connectivity index (χ0) is 12.3. The van der Waals surface area contributed by atoms with Crippen molar-refractivity contribution in [3.63, 3.8) is 0 Å². The molecule has 2 N–H and O–H groups in total. The predicted molar refractivity (Wildman–Crippen MR) is 64.8 cm³/mol. The van der Waals surface area contributed by atoms with Gasteiger partial charge in [-0.25, -0.2) is 4.39 Å². The lowest BCUT2D eigenvalue weighted by Gasteiger charge is -2.23. The Kier molecular flexibility index (Phi) is 3.97. The maximum Gasteiger partial charge on any atom is 0.254 e. The normalized spacial score (nSPS) is 16.8. The minimum atomic E-state index is -0.652. The number of carbonyl (C=O) groups excluding carboxylic acids is 1. The van der Waals surface area contributed by atoms with Gasteiger partial charge in [-0.3, -0.25) is 4.79 Å². The minimum Gasteiger partial charge on any atom is -0.349 e. The molecule has 1 amide bonds. The van der Waals surface area contributed by atoms with E-state index in [-0.39, 0.29) is 16.6 Å². The Hall–Kier alpha value is -1.13. The fourth-order valence-electron chi connectivity index (χ4n) is 1.91. The molecule has 0 radical (unpaired) electrons. The third-order valence-corrected chi connectivity index (χ3v) is 3.16. The zero-order valence-electron chi connectivity index (χ0n) is 9.30. The second kappa shape index (κ2) is 5.47. The highest BCUT2D eigenvalue weighted by Gasteiger charge is 2.19. The number of nitrogens with one attached hydrogen (secondary N) is 2. The molecule has 0 aliphatic carbocycles. The first-order valence-corrected chi connectivity index (χ1v) is 6.02. The van der Waals surface area contributed by atoms with Gasteiger partial charge in [0.2, 0.25) is 0 Å². The van der Waals surface area contributed by atoms with E-state index in [2.05, 4.69) is 10.6 Å². The van der Waals surface area contributed by atoms with Crippen molar-refractivity contribution in [2.75, 3.05) is 13.1 Å². The number of halogens is 2. The Labute approximate surface area is 104 Å². The molecule has 1 saturated heterocycles. The van der Waals surface area contributed by atoms with Crippen molar-refractivity contribution in [2.24, 2.45) is 0 Å². The number of amides is 1. The molecule has 0 atom stereocenters. The molecule has 1 aliphatic rings. The molecule has 1 fully saturated rings. The van der Waals surface area contributed by atoms with E-state index in [0.29, 0.717) is 0 Å². The van der Waals surface area contributed by atoms with Crippen LogP contribution < -0.4 is 10.6 Å². The smallest absolute Gasteiger partial charge is 0.254 e. The topological polar surface area (TPSA) is 41.1 Å². The third-order valence-electron chi connectivity index (χ3n) is 2.87. The van der Waals surface area contributed by atoms with Crippen molar-refractivity contribution in [1.82, 2.24) is 10.6 Å². The van der Waals surface area contributed by atoms with Crippen LogP contribution in [0.3, 0.4) is 0 Å². The first-order valence-electron chi connectivity index (χ1n) is 5.64. The summed E-state index contributed by atoms with van der Waals surface area (Å²) in [5, 5.41) is 6.00. The van der Waals surface area contributed by atoms with E-state index in [4.69, 9.17) is 11.6 Å². The van der Waals surface area contributed by atoms with Gasteiger partial charge in [-0.05, 0) is 38.1 Å². The first kappa shape index (κ1) is 12.3. The summed E-state index contributed by atoms with van der Waals surface area (Å²) in [6.45, 7) is 1.76.